The molecule has 0 bridgehead atoms. The first kappa shape index (κ1) is 38.5. The number of nitrogens with two attached hydrogens (primary N) is 1. The highest BCUT2D eigenvalue weighted by molar-refractivity contribution is 7.69. The lowest BCUT2D eigenvalue weighted by molar-refractivity contribution is -0.0542. The molecule has 2 aliphatic heterocycles. The molecule has 2 aliphatic rings. The topological polar surface area (TPSA) is 390 Å². The molecule has 4 unspecified atom stereocenters. The largest absolute Gasteiger partial charge is 0.490 e. The summed E-state index contributed by atoms with van der Waals surface area (Å²) in [4.78, 5) is 79.6. The van der Waals surface area contributed by atoms with Crippen LogP contribution in [0.4, 0.5) is 5.82 Å². The van der Waals surface area contributed by atoms with Crippen LogP contribution in [-0.4, -0.2) is 97.7 Å². The van der Waals surface area contributed by atoms with Gasteiger partial charge in [0.15, 0.2) is 6.23 Å². The number of phosphoric ester groups is 2. The van der Waals surface area contributed by atoms with Crippen molar-refractivity contribution in [2.45, 2.75) is 49.4 Å². The summed E-state index contributed by atoms with van der Waals surface area (Å²) in [5, 5.41) is 30.5. The minimum absolute atomic E-state index is 0.103. The molecule has 0 radical (unpaired) electrons. The fraction of sp³-hybridized carbons (Fsp3) is 0.556. The summed E-state index contributed by atoms with van der Waals surface area (Å²) >= 11 is 0. The highest BCUT2D eigenvalue weighted by Gasteiger charge is 2.49. The summed E-state index contributed by atoms with van der Waals surface area (Å²) in [6.45, 7) is -2.20. The molecule has 0 spiro atoms. The summed E-state index contributed by atoms with van der Waals surface area (Å²) in [5.74, 6) is -0.103. The first-order valence-electron chi connectivity index (χ1n) is 12.8. The molecule has 2 fully saturated rings. The summed E-state index contributed by atoms with van der Waals surface area (Å²) in [5.41, 5.74) is 2.68. The van der Waals surface area contributed by atoms with Crippen LogP contribution in [0, 0.1) is 0 Å². The van der Waals surface area contributed by atoms with E-state index >= 15 is 0 Å². The summed E-state index contributed by atoms with van der Waals surface area (Å²) in [6.07, 6.45) is -9.25. The molecule has 30 heteroatoms. The Morgan fingerprint density at radius 2 is 1.35 bits per heavy atom. The molecule has 270 valence electrons. The molecule has 0 aromatic carbocycles. The van der Waals surface area contributed by atoms with Gasteiger partial charge in [-0.2, -0.15) is 17.9 Å². The van der Waals surface area contributed by atoms with Crippen LogP contribution in [0.25, 0.3) is 0 Å². The van der Waals surface area contributed by atoms with Crippen LogP contribution in [0.3, 0.4) is 0 Å². The highest BCUT2D eigenvalue weighted by atomic mass is 31.3. The molecule has 10 N–H and O–H groups in total. The molecule has 0 aliphatic carbocycles. The Bertz CT molecular complexity index is 1870. The highest BCUT2D eigenvalue weighted by Crippen LogP contribution is 2.71. The smallest absolute Gasteiger partial charge is 0.390 e. The van der Waals surface area contributed by atoms with E-state index in [-0.39, 0.29) is 12.2 Å². The van der Waals surface area contributed by atoms with Crippen molar-refractivity contribution in [1.29, 1.82) is 0 Å². The number of phosphoric acid groups is 4. The number of aromatic amines is 1. The van der Waals surface area contributed by atoms with E-state index in [1.807, 2.05) is 4.98 Å². The lowest BCUT2D eigenvalue weighted by atomic mass is 10.1. The number of aliphatic hydroxyl groups excluding tert-OH is 3. The molecule has 48 heavy (non-hydrogen) atoms. The molecule has 4 heterocycles. The number of ether oxygens (including phenoxy) is 2. The third kappa shape index (κ3) is 9.91. The monoisotopic (exact) mass is 773 g/mol. The molecule has 11 atom stereocenters. The Balaban J connectivity index is 1.29. The predicted molar refractivity (Wildman–Crippen MR) is 149 cm³/mol. The van der Waals surface area contributed by atoms with Crippen LogP contribution in [0.1, 0.15) is 18.9 Å². The van der Waals surface area contributed by atoms with Crippen molar-refractivity contribution in [3.63, 3.8) is 0 Å². The molecule has 4 rings (SSSR count). The van der Waals surface area contributed by atoms with E-state index in [0.717, 1.165) is 16.8 Å². The summed E-state index contributed by atoms with van der Waals surface area (Å²) in [7, 11) is -23.8. The van der Waals surface area contributed by atoms with Gasteiger partial charge in [0.25, 0.3) is 5.56 Å². The van der Waals surface area contributed by atoms with Gasteiger partial charge in [-0.25, -0.2) is 27.8 Å². The first-order valence-corrected chi connectivity index (χ1v) is 18.8. The van der Waals surface area contributed by atoms with Gasteiger partial charge >= 0.3 is 42.7 Å². The summed E-state index contributed by atoms with van der Waals surface area (Å²) in [6, 6.07) is 2.13. The van der Waals surface area contributed by atoms with Crippen molar-refractivity contribution < 1.29 is 84.6 Å². The van der Waals surface area contributed by atoms with Gasteiger partial charge < -0.3 is 50.1 Å². The number of aromatic nitrogens is 4. The van der Waals surface area contributed by atoms with E-state index in [9.17, 15) is 67.5 Å². The molecular formula is C18H27N5O21P4. The lowest BCUT2D eigenvalue weighted by Crippen LogP contribution is -2.37. The number of aliphatic hydroxyl groups is 3. The van der Waals surface area contributed by atoms with Crippen LogP contribution in [0.5, 0.6) is 0 Å². The van der Waals surface area contributed by atoms with Gasteiger partial charge in [0.1, 0.15) is 36.5 Å². The fourth-order valence-electron chi connectivity index (χ4n) is 4.21. The minimum atomic E-state index is -6.19. The number of rotatable bonds is 14. The average Bonchev–Trinajstić information content (AvgIpc) is 3.42. The molecule has 2 aromatic rings. The quantitative estimate of drug-likeness (QED) is 0.0871. The average molecular weight is 773 g/mol. The van der Waals surface area contributed by atoms with E-state index in [4.69, 9.17) is 15.2 Å². The van der Waals surface area contributed by atoms with E-state index in [0.29, 0.717) is 4.57 Å². The number of hydrogen-bond donors (Lipinski definition) is 9. The zero-order chi connectivity index (χ0) is 35.8. The van der Waals surface area contributed by atoms with Crippen molar-refractivity contribution in [3.8, 4) is 0 Å². The van der Waals surface area contributed by atoms with Crippen molar-refractivity contribution in [3.05, 3.63) is 55.8 Å². The second-order valence-electron chi connectivity index (χ2n) is 9.75. The van der Waals surface area contributed by atoms with Gasteiger partial charge in [-0.1, -0.05) is 0 Å². The van der Waals surface area contributed by atoms with Crippen molar-refractivity contribution >= 4 is 37.1 Å². The maximum absolute atomic E-state index is 12.2. The molecule has 2 saturated heterocycles. The first-order chi connectivity index (χ1) is 22.1. The zero-order valence-corrected chi connectivity index (χ0v) is 27.1. The molecule has 2 aromatic heterocycles. The number of anilines is 1. The van der Waals surface area contributed by atoms with Crippen LogP contribution in [0.15, 0.2) is 38.9 Å². The lowest BCUT2D eigenvalue weighted by Gasteiger charge is -2.21. The maximum Gasteiger partial charge on any atom is 0.490 e. The summed E-state index contributed by atoms with van der Waals surface area (Å²) < 4.78 is 81.2. The van der Waals surface area contributed by atoms with Crippen molar-refractivity contribution in [2.24, 2.45) is 0 Å². The maximum atomic E-state index is 12.2. The Labute approximate surface area is 265 Å². The molecular weight excluding hydrogens is 746 g/mol. The number of hydrogen-bond acceptors (Lipinski definition) is 19. The van der Waals surface area contributed by atoms with Crippen LogP contribution in [-0.2, 0) is 49.7 Å². The van der Waals surface area contributed by atoms with E-state index < -0.39 is 104 Å². The number of nitrogens with zero attached hydrogens (tertiary/aromatic N) is 3. The molecule has 26 nitrogen and oxygen atoms in total. The third-order valence-corrected chi connectivity index (χ3v) is 12.2. The number of nitrogens with one attached hydrogen (secondary N) is 1. The van der Waals surface area contributed by atoms with Crippen molar-refractivity contribution in [1.82, 2.24) is 19.1 Å². The van der Waals surface area contributed by atoms with Gasteiger partial charge in [0.05, 0.1) is 19.3 Å². The predicted octanol–water partition coefficient (Wildman–Crippen LogP) is -2.87. The zero-order valence-electron chi connectivity index (χ0n) is 23.5. The van der Waals surface area contributed by atoms with Crippen LogP contribution in [0.2, 0.25) is 0 Å². The Kier molecular flexibility index (Phi) is 11.7. The van der Waals surface area contributed by atoms with E-state index in [1.54, 1.807) is 0 Å². The Morgan fingerprint density at radius 3 is 1.92 bits per heavy atom. The number of H-pyrrole nitrogens is 1. The van der Waals surface area contributed by atoms with Gasteiger partial charge in [-0.3, -0.25) is 28.0 Å². The van der Waals surface area contributed by atoms with Crippen molar-refractivity contribution in [2.75, 3.05) is 18.9 Å². The fourth-order valence-corrected chi connectivity index (χ4v) is 9.16. The number of nitrogen functional groups attached to an aromatic ring is 1. The second kappa shape index (κ2) is 14.5. The van der Waals surface area contributed by atoms with E-state index in [2.05, 4.69) is 27.0 Å². The van der Waals surface area contributed by atoms with Gasteiger partial charge in [0, 0.05) is 24.9 Å². The van der Waals surface area contributed by atoms with Gasteiger partial charge in [-0.15, -0.1) is 0 Å². The van der Waals surface area contributed by atoms with Gasteiger partial charge in [-0.05, 0) is 6.07 Å². The Hall–Kier alpha value is -2.28. The standard InChI is InChI=1S/C18H27N5O21P4/c19-11-1-3-22(17(28)20-11)13-5-8(24)9(40-13)6-38-45(30,31)42-47(34,35)44-48(36,37)43-46(32,33)39-7-10-14(26)15(27)16(41-10)23-4-2-12(25)21-18(23)29/h1-4,8-10,13-16,24,26-27H,5-7H2,(H,30,31)(H,32,33)(H,34,35)(H,36,37)(H2,19,20,28)(H,21,25,29)/t8-,9+,10-,13+,14+,15+,16+/m0/s1. The third-order valence-electron chi connectivity index (χ3n) is 6.25. The Morgan fingerprint density at radius 1 is 0.812 bits per heavy atom. The minimum Gasteiger partial charge on any atom is -0.390 e. The molecule has 0 saturated carbocycles. The van der Waals surface area contributed by atoms with Gasteiger partial charge in [0.2, 0.25) is 0 Å². The SMILES string of the molecule is Nc1ccn([C@H]2C[C@H](O)[C@@H](COP(=O)(O)OP(=O)(O)OP(=O)(O)OP(=O)(O)OC[C@@H]3O[C@@H](n4ccc(=O)[nH]c4=O)[C@H](O)[C@@H]3O)O2)c(=O)n1. The van der Waals surface area contributed by atoms with Crippen LogP contribution < -0.4 is 22.7 Å². The molecule has 0 amide bonds. The van der Waals surface area contributed by atoms with E-state index in [1.165, 1.54) is 12.3 Å². The normalized spacial score (nSPS) is 31.0. The second-order valence-corrected chi connectivity index (χ2v) is 16.0. The van der Waals surface area contributed by atoms with Crippen LogP contribution >= 0.6 is 31.3 Å².